The summed E-state index contributed by atoms with van der Waals surface area (Å²) in [6.45, 7) is 7.98. The fourth-order valence-corrected chi connectivity index (χ4v) is 3.30. The monoisotopic (exact) mass is 372 g/mol. The largest absolute Gasteiger partial charge is 0.357 e. The van der Waals surface area contributed by atoms with Crippen LogP contribution < -0.4 is 10.6 Å². The highest BCUT2D eigenvalue weighted by Gasteiger charge is 2.15. The Bertz CT molecular complexity index is 798. The maximum atomic E-state index is 13.9. The summed E-state index contributed by atoms with van der Waals surface area (Å²) in [4.78, 5) is 4.68. The molecule has 0 spiro atoms. The number of hydrogen-bond acceptors (Lipinski definition) is 3. The topological polar surface area (TPSA) is 67.1 Å². The van der Waals surface area contributed by atoms with E-state index in [2.05, 4.69) is 30.4 Å². The third-order valence-electron chi connectivity index (χ3n) is 4.96. The average molecular weight is 372 g/mol. The van der Waals surface area contributed by atoms with E-state index < -0.39 is 0 Å². The molecule has 0 saturated carbocycles. The number of hydrogen-bond donors (Lipinski definition) is 2. The van der Waals surface area contributed by atoms with Crippen molar-refractivity contribution in [2.24, 2.45) is 4.99 Å². The number of fused-ring (bicyclic) bond motifs is 1. The number of aryl methyl sites for hydroxylation is 2. The second-order valence-corrected chi connectivity index (χ2v) is 7.06. The molecule has 1 atom stereocenters. The van der Waals surface area contributed by atoms with Crippen molar-refractivity contribution in [1.29, 1.82) is 0 Å². The van der Waals surface area contributed by atoms with Gasteiger partial charge in [0.1, 0.15) is 18.2 Å². The first-order valence-electron chi connectivity index (χ1n) is 9.80. The number of halogens is 1. The van der Waals surface area contributed by atoms with Gasteiger partial charge in [-0.1, -0.05) is 18.6 Å². The van der Waals surface area contributed by atoms with Gasteiger partial charge in [0, 0.05) is 19.5 Å². The first-order valence-corrected chi connectivity index (χ1v) is 9.80. The Kier molecular flexibility index (Phi) is 6.42. The summed E-state index contributed by atoms with van der Waals surface area (Å²) in [6, 6.07) is 5.26. The van der Waals surface area contributed by atoms with E-state index in [0.717, 1.165) is 43.1 Å². The SMILES string of the molecule is CCNC(=NCc1nnc2n1CCCCC2)NC(C)c1ccc(C)c(F)c1. The molecule has 7 heteroatoms. The predicted molar refractivity (Wildman–Crippen MR) is 105 cm³/mol. The minimum atomic E-state index is -0.186. The highest BCUT2D eigenvalue weighted by Crippen LogP contribution is 2.17. The van der Waals surface area contributed by atoms with E-state index in [1.807, 2.05) is 19.9 Å². The molecule has 1 aromatic heterocycles. The van der Waals surface area contributed by atoms with Gasteiger partial charge >= 0.3 is 0 Å². The summed E-state index contributed by atoms with van der Waals surface area (Å²) in [7, 11) is 0. The quantitative estimate of drug-likeness (QED) is 0.624. The molecule has 1 unspecified atom stereocenters. The van der Waals surface area contributed by atoms with Gasteiger partial charge in [0.25, 0.3) is 0 Å². The highest BCUT2D eigenvalue weighted by atomic mass is 19.1. The highest BCUT2D eigenvalue weighted by molar-refractivity contribution is 5.80. The van der Waals surface area contributed by atoms with Gasteiger partial charge in [-0.2, -0.15) is 0 Å². The van der Waals surface area contributed by atoms with Crippen LogP contribution in [0.25, 0.3) is 0 Å². The average Bonchev–Trinajstić information content (AvgIpc) is 2.88. The Balaban J connectivity index is 1.71. The van der Waals surface area contributed by atoms with Crippen LogP contribution in [-0.4, -0.2) is 27.3 Å². The van der Waals surface area contributed by atoms with Crippen molar-refractivity contribution in [3.8, 4) is 0 Å². The normalized spacial score (nSPS) is 15.8. The van der Waals surface area contributed by atoms with Gasteiger partial charge in [0.05, 0.1) is 6.04 Å². The Morgan fingerprint density at radius 2 is 2.15 bits per heavy atom. The molecule has 27 heavy (non-hydrogen) atoms. The molecule has 146 valence electrons. The minimum absolute atomic E-state index is 0.0617. The van der Waals surface area contributed by atoms with Crippen LogP contribution in [0.3, 0.4) is 0 Å². The second-order valence-electron chi connectivity index (χ2n) is 7.06. The molecular formula is C20H29FN6. The van der Waals surface area contributed by atoms with E-state index in [1.54, 1.807) is 19.1 Å². The summed E-state index contributed by atoms with van der Waals surface area (Å²) < 4.78 is 16.1. The molecule has 0 bridgehead atoms. The minimum Gasteiger partial charge on any atom is -0.357 e. The number of nitrogens with zero attached hydrogens (tertiary/aromatic N) is 4. The van der Waals surface area contributed by atoms with Gasteiger partial charge in [0.2, 0.25) is 0 Å². The van der Waals surface area contributed by atoms with Crippen molar-refractivity contribution in [2.45, 2.75) is 65.6 Å². The molecule has 1 aliphatic rings. The van der Waals surface area contributed by atoms with E-state index >= 15 is 0 Å². The number of rotatable bonds is 5. The molecule has 2 heterocycles. The van der Waals surface area contributed by atoms with Crippen molar-refractivity contribution in [2.75, 3.05) is 6.54 Å². The summed E-state index contributed by atoms with van der Waals surface area (Å²) in [5, 5.41) is 15.3. The number of nitrogens with one attached hydrogen (secondary N) is 2. The molecule has 0 fully saturated rings. The summed E-state index contributed by atoms with van der Waals surface area (Å²) in [5.74, 6) is 2.48. The van der Waals surface area contributed by atoms with Crippen molar-refractivity contribution in [3.05, 3.63) is 46.8 Å². The Morgan fingerprint density at radius 1 is 1.30 bits per heavy atom. The molecule has 2 aromatic rings. The first kappa shape index (κ1) is 19.3. The lowest BCUT2D eigenvalue weighted by molar-refractivity contribution is 0.602. The molecule has 2 N–H and O–H groups in total. The van der Waals surface area contributed by atoms with Crippen LogP contribution in [0, 0.1) is 12.7 Å². The van der Waals surface area contributed by atoms with Gasteiger partial charge in [0.15, 0.2) is 11.8 Å². The fraction of sp³-hybridized carbons (Fsp3) is 0.550. The molecule has 0 amide bonds. The number of benzene rings is 1. The summed E-state index contributed by atoms with van der Waals surface area (Å²) >= 11 is 0. The fourth-order valence-electron chi connectivity index (χ4n) is 3.30. The van der Waals surface area contributed by atoms with Crippen LogP contribution >= 0.6 is 0 Å². The lowest BCUT2D eigenvalue weighted by Crippen LogP contribution is -2.38. The number of aliphatic imine (C=N–C) groups is 1. The zero-order chi connectivity index (χ0) is 19.2. The maximum Gasteiger partial charge on any atom is 0.192 e. The van der Waals surface area contributed by atoms with E-state index in [0.29, 0.717) is 18.1 Å². The lowest BCUT2D eigenvalue weighted by Gasteiger charge is -2.18. The van der Waals surface area contributed by atoms with E-state index in [1.165, 1.54) is 12.8 Å². The maximum absolute atomic E-state index is 13.9. The van der Waals surface area contributed by atoms with Crippen molar-refractivity contribution < 1.29 is 4.39 Å². The van der Waals surface area contributed by atoms with Gasteiger partial charge in [-0.05, 0) is 50.8 Å². The smallest absolute Gasteiger partial charge is 0.192 e. The van der Waals surface area contributed by atoms with Crippen LogP contribution in [0.15, 0.2) is 23.2 Å². The second kappa shape index (κ2) is 8.97. The standard InChI is InChI=1S/C20H29FN6/c1-4-22-20(24-15(3)16-10-9-14(2)17(21)12-16)23-13-19-26-25-18-8-6-5-7-11-27(18)19/h9-10,12,15H,4-8,11,13H2,1-3H3,(H2,22,23,24). The molecule has 0 aliphatic carbocycles. The van der Waals surface area contributed by atoms with Crippen molar-refractivity contribution in [3.63, 3.8) is 0 Å². The van der Waals surface area contributed by atoms with Gasteiger partial charge in [-0.3, -0.25) is 0 Å². The van der Waals surface area contributed by atoms with Crippen molar-refractivity contribution >= 4 is 5.96 Å². The molecule has 1 aliphatic heterocycles. The number of aromatic nitrogens is 3. The predicted octanol–water partition coefficient (Wildman–Crippen LogP) is 3.27. The third kappa shape index (κ3) is 4.84. The molecular weight excluding hydrogens is 343 g/mol. The zero-order valence-corrected chi connectivity index (χ0v) is 16.4. The van der Waals surface area contributed by atoms with Crippen LogP contribution in [0.2, 0.25) is 0 Å². The molecule has 6 nitrogen and oxygen atoms in total. The Labute approximate surface area is 160 Å². The van der Waals surface area contributed by atoms with Gasteiger partial charge < -0.3 is 15.2 Å². The van der Waals surface area contributed by atoms with Gasteiger partial charge in [-0.25, -0.2) is 9.38 Å². The van der Waals surface area contributed by atoms with Crippen molar-refractivity contribution in [1.82, 2.24) is 25.4 Å². The van der Waals surface area contributed by atoms with E-state index in [4.69, 9.17) is 0 Å². The lowest BCUT2D eigenvalue weighted by atomic mass is 10.1. The van der Waals surface area contributed by atoms with Crippen LogP contribution in [-0.2, 0) is 19.5 Å². The van der Waals surface area contributed by atoms with Gasteiger partial charge in [-0.15, -0.1) is 10.2 Å². The molecule has 1 aromatic carbocycles. The van der Waals surface area contributed by atoms with Crippen LogP contribution in [0.5, 0.6) is 0 Å². The first-order chi connectivity index (χ1) is 13.1. The Morgan fingerprint density at radius 3 is 2.93 bits per heavy atom. The zero-order valence-electron chi connectivity index (χ0n) is 16.4. The Hall–Kier alpha value is -2.44. The summed E-state index contributed by atoms with van der Waals surface area (Å²) in [6.07, 6.45) is 4.57. The molecule has 0 saturated heterocycles. The summed E-state index contributed by atoms with van der Waals surface area (Å²) in [5.41, 5.74) is 1.54. The number of guanidine groups is 1. The van der Waals surface area contributed by atoms with E-state index in [-0.39, 0.29) is 11.9 Å². The van der Waals surface area contributed by atoms with Crippen LogP contribution in [0.4, 0.5) is 4.39 Å². The molecule has 0 radical (unpaired) electrons. The third-order valence-corrected chi connectivity index (χ3v) is 4.96. The van der Waals surface area contributed by atoms with E-state index in [9.17, 15) is 4.39 Å². The molecule has 3 rings (SSSR count). The van der Waals surface area contributed by atoms with Crippen LogP contribution in [0.1, 0.15) is 61.9 Å².